The average molecular weight is 307 g/mol. The van der Waals surface area contributed by atoms with Crippen molar-refractivity contribution in [2.45, 2.75) is 38.6 Å². The van der Waals surface area contributed by atoms with Gasteiger partial charge in [-0.25, -0.2) is 4.79 Å². The fourth-order valence-electron chi connectivity index (χ4n) is 2.80. The molecular formula is C16H21NO5. The predicted octanol–water partition coefficient (Wildman–Crippen LogP) is 1.74. The van der Waals surface area contributed by atoms with Gasteiger partial charge in [-0.05, 0) is 43.4 Å². The van der Waals surface area contributed by atoms with E-state index in [2.05, 4.69) is 0 Å². The van der Waals surface area contributed by atoms with Gasteiger partial charge in [-0.1, -0.05) is 13.0 Å². The summed E-state index contributed by atoms with van der Waals surface area (Å²) in [7, 11) is 0. The lowest BCUT2D eigenvalue weighted by Gasteiger charge is -2.25. The van der Waals surface area contributed by atoms with Crippen LogP contribution in [0.5, 0.6) is 11.5 Å². The zero-order valence-corrected chi connectivity index (χ0v) is 12.5. The minimum absolute atomic E-state index is 0.132. The van der Waals surface area contributed by atoms with Gasteiger partial charge in [0.2, 0.25) is 5.91 Å². The van der Waals surface area contributed by atoms with E-state index in [9.17, 15) is 19.8 Å². The summed E-state index contributed by atoms with van der Waals surface area (Å²) in [6.07, 6.45) is 2.37. The van der Waals surface area contributed by atoms with Crippen molar-refractivity contribution in [3.05, 3.63) is 23.8 Å². The van der Waals surface area contributed by atoms with Crippen LogP contribution in [0, 0.1) is 5.92 Å². The SMILES string of the molecule is C[C@H](CCc1ccc(O)c(O)c1)C(=O)N1CCC[C@H]1C(=O)O. The number of carbonyl (C=O) groups is 2. The van der Waals surface area contributed by atoms with Gasteiger partial charge in [0.25, 0.3) is 0 Å². The molecule has 0 unspecified atom stereocenters. The van der Waals surface area contributed by atoms with Crippen LogP contribution in [-0.2, 0) is 16.0 Å². The lowest BCUT2D eigenvalue weighted by molar-refractivity contribution is -0.149. The molecule has 3 N–H and O–H groups in total. The molecule has 120 valence electrons. The highest BCUT2D eigenvalue weighted by Gasteiger charge is 2.35. The Morgan fingerprint density at radius 2 is 2.05 bits per heavy atom. The Balaban J connectivity index is 1.93. The number of rotatable bonds is 5. The van der Waals surface area contributed by atoms with E-state index in [1.54, 1.807) is 13.0 Å². The topological polar surface area (TPSA) is 98.1 Å². The van der Waals surface area contributed by atoms with E-state index in [4.69, 9.17) is 5.11 Å². The molecule has 1 aliphatic rings. The van der Waals surface area contributed by atoms with Crippen LogP contribution in [0.4, 0.5) is 0 Å². The van der Waals surface area contributed by atoms with Crippen LogP contribution < -0.4 is 0 Å². The molecule has 2 rings (SSSR count). The normalized spacial score (nSPS) is 19.1. The Kier molecular flexibility index (Phi) is 4.90. The van der Waals surface area contributed by atoms with Crippen molar-refractivity contribution in [3.63, 3.8) is 0 Å². The van der Waals surface area contributed by atoms with Crippen LogP contribution in [0.2, 0.25) is 0 Å². The molecule has 1 aromatic carbocycles. The molecule has 6 heteroatoms. The Hall–Kier alpha value is -2.24. The number of hydrogen-bond acceptors (Lipinski definition) is 4. The van der Waals surface area contributed by atoms with Crippen LogP contribution in [0.1, 0.15) is 31.7 Å². The monoisotopic (exact) mass is 307 g/mol. The second-order valence-corrected chi connectivity index (χ2v) is 5.79. The number of benzene rings is 1. The van der Waals surface area contributed by atoms with Crippen LogP contribution in [0.25, 0.3) is 0 Å². The number of nitrogens with zero attached hydrogens (tertiary/aromatic N) is 1. The number of carboxylic acids is 1. The molecule has 1 fully saturated rings. The number of aryl methyl sites for hydroxylation is 1. The quantitative estimate of drug-likeness (QED) is 0.720. The highest BCUT2D eigenvalue weighted by atomic mass is 16.4. The van der Waals surface area contributed by atoms with Crippen LogP contribution in [-0.4, -0.2) is 44.7 Å². The maximum absolute atomic E-state index is 12.4. The summed E-state index contributed by atoms with van der Waals surface area (Å²) in [6.45, 7) is 2.29. The van der Waals surface area contributed by atoms with E-state index in [-0.39, 0.29) is 23.3 Å². The maximum Gasteiger partial charge on any atom is 0.326 e. The van der Waals surface area contributed by atoms with Crippen molar-refractivity contribution in [2.75, 3.05) is 6.54 Å². The third kappa shape index (κ3) is 3.50. The first-order valence-corrected chi connectivity index (χ1v) is 7.44. The Labute approximate surface area is 129 Å². The first-order valence-electron chi connectivity index (χ1n) is 7.44. The largest absolute Gasteiger partial charge is 0.504 e. The number of aliphatic carboxylic acids is 1. The van der Waals surface area contributed by atoms with E-state index in [1.165, 1.54) is 17.0 Å². The number of hydrogen-bond donors (Lipinski definition) is 3. The predicted molar refractivity (Wildman–Crippen MR) is 79.6 cm³/mol. The number of aromatic hydroxyl groups is 2. The highest BCUT2D eigenvalue weighted by Crippen LogP contribution is 2.27. The molecule has 1 amide bonds. The molecule has 1 aromatic rings. The van der Waals surface area contributed by atoms with E-state index in [0.29, 0.717) is 25.8 Å². The molecule has 0 aliphatic carbocycles. The van der Waals surface area contributed by atoms with Crippen molar-refractivity contribution in [3.8, 4) is 11.5 Å². The number of likely N-dealkylation sites (tertiary alicyclic amines) is 1. The fraction of sp³-hybridized carbons (Fsp3) is 0.500. The molecule has 0 bridgehead atoms. The van der Waals surface area contributed by atoms with Crippen LogP contribution >= 0.6 is 0 Å². The van der Waals surface area contributed by atoms with Gasteiger partial charge in [-0.3, -0.25) is 4.79 Å². The summed E-state index contributed by atoms with van der Waals surface area (Å²) in [4.78, 5) is 25.0. The third-order valence-electron chi connectivity index (χ3n) is 4.15. The Bertz CT molecular complexity index is 572. The number of amides is 1. The maximum atomic E-state index is 12.4. The van der Waals surface area contributed by atoms with E-state index >= 15 is 0 Å². The van der Waals surface area contributed by atoms with Gasteiger partial charge >= 0.3 is 5.97 Å². The van der Waals surface area contributed by atoms with Gasteiger partial charge in [0.1, 0.15) is 6.04 Å². The second kappa shape index (κ2) is 6.68. The van der Waals surface area contributed by atoms with Gasteiger partial charge in [0, 0.05) is 12.5 Å². The molecule has 0 spiro atoms. The molecular weight excluding hydrogens is 286 g/mol. The zero-order valence-electron chi connectivity index (χ0n) is 12.5. The van der Waals surface area contributed by atoms with Crippen LogP contribution in [0.3, 0.4) is 0 Å². The minimum atomic E-state index is -0.943. The van der Waals surface area contributed by atoms with E-state index < -0.39 is 12.0 Å². The van der Waals surface area contributed by atoms with Crippen molar-refractivity contribution in [1.82, 2.24) is 4.90 Å². The lowest BCUT2D eigenvalue weighted by atomic mass is 9.99. The van der Waals surface area contributed by atoms with Gasteiger partial charge in [-0.2, -0.15) is 0 Å². The molecule has 1 aliphatic heterocycles. The van der Waals surface area contributed by atoms with Crippen molar-refractivity contribution in [2.24, 2.45) is 5.92 Å². The smallest absolute Gasteiger partial charge is 0.326 e. The number of carboxylic acid groups (broad SMARTS) is 1. The number of phenols is 2. The van der Waals surface area contributed by atoms with Gasteiger partial charge in [0.15, 0.2) is 11.5 Å². The number of carbonyl (C=O) groups excluding carboxylic acids is 1. The molecule has 1 saturated heterocycles. The lowest BCUT2D eigenvalue weighted by Crippen LogP contribution is -2.43. The van der Waals surface area contributed by atoms with Crippen molar-refractivity contribution < 1.29 is 24.9 Å². The summed E-state index contributed by atoms with van der Waals surface area (Å²) in [6, 6.07) is 3.88. The summed E-state index contributed by atoms with van der Waals surface area (Å²) >= 11 is 0. The summed E-state index contributed by atoms with van der Waals surface area (Å²) in [5, 5.41) is 27.9. The van der Waals surface area contributed by atoms with Gasteiger partial charge in [-0.15, -0.1) is 0 Å². The zero-order chi connectivity index (χ0) is 16.3. The minimum Gasteiger partial charge on any atom is -0.504 e. The average Bonchev–Trinajstić information content (AvgIpc) is 2.97. The van der Waals surface area contributed by atoms with E-state index in [1.807, 2.05) is 0 Å². The molecule has 6 nitrogen and oxygen atoms in total. The van der Waals surface area contributed by atoms with Gasteiger partial charge < -0.3 is 20.2 Å². The summed E-state index contributed by atoms with van der Waals surface area (Å²) in [5.74, 6) is -1.71. The first kappa shape index (κ1) is 16.1. The Morgan fingerprint density at radius 3 is 2.68 bits per heavy atom. The molecule has 1 heterocycles. The molecule has 0 radical (unpaired) electrons. The highest BCUT2D eigenvalue weighted by molar-refractivity contribution is 5.85. The Morgan fingerprint density at radius 1 is 1.32 bits per heavy atom. The number of phenolic OH excluding ortho intramolecular Hbond substituents is 2. The first-order chi connectivity index (χ1) is 10.4. The summed E-state index contributed by atoms with van der Waals surface area (Å²) < 4.78 is 0. The van der Waals surface area contributed by atoms with Crippen LogP contribution in [0.15, 0.2) is 18.2 Å². The fourth-order valence-corrected chi connectivity index (χ4v) is 2.80. The molecule has 0 saturated carbocycles. The molecule has 2 atom stereocenters. The molecule has 0 aromatic heterocycles. The third-order valence-corrected chi connectivity index (χ3v) is 4.15. The summed E-state index contributed by atoms with van der Waals surface area (Å²) in [5.41, 5.74) is 0.825. The van der Waals surface area contributed by atoms with Crippen molar-refractivity contribution in [1.29, 1.82) is 0 Å². The molecule has 22 heavy (non-hydrogen) atoms. The second-order valence-electron chi connectivity index (χ2n) is 5.79. The standard InChI is InChI=1S/C16H21NO5/c1-10(4-5-11-6-7-13(18)14(19)9-11)15(20)17-8-2-3-12(17)16(21)22/h6-7,9-10,12,18-19H,2-5,8H2,1H3,(H,21,22)/t10-,12+/m1/s1. The van der Waals surface area contributed by atoms with Crippen molar-refractivity contribution >= 4 is 11.9 Å². The van der Waals surface area contributed by atoms with Gasteiger partial charge in [0.05, 0.1) is 0 Å². The van der Waals surface area contributed by atoms with E-state index in [0.717, 1.165) is 12.0 Å².